The van der Waals surface area contributed by atoms with Gasteiger partial charge in [0.15, 0.2) is 11.5 Å². The smallest absolute Gasteiger partial charge is 0.238 e. The lowest BCUT2D eigenvalue weighted by Gasteiger charge is -2.16. The van der Waals surface area contributed by atoms with Crippen molar-refractivity contribution in [3.8, 4) is 11.5 Å². The van der Waals surface area contributed by atoms with Crippen LogP contribution in [0.15, 0.2) is 42.5 Å². The molecule has 0 spiro atoms. The molecule has 1 amide bonds. The molecule has 1 aliphatic rings. The first-order valence-corrected chi connectivity index (χ1v) is 7.54. The van der Waals surface area contributed by atoms with Gasteiger partial charge in [-0.3, -0.25) is 9.69 Å². The number of hydrogen-bond acceptors (Lipinski definition) is 4. The number of carbonyl (C=O) groups is 1. The number of hydrogen-bond donors (Lipinski definition) is 1. The molecule has 5 nitrogen and oxygen atoms in total. The molecule has 1 aliphatic heterocycles. The van der Waals surface area contributed by atoms with Gasteiger partial charge in [-0.1, -0.05) is 29.8 Å². The number of fused-ring (bicyclic) bond motifs is 1. The monoisotopic (exact) mass is 312 g/mol. The molecule has 2 aromatic carbocycles. The number of nitrogens with one attached hydrogen (secondary N) is 1. The maximum Gasteiger partial charge on any atom is 0.238 e. The van der Waals surface area contributed by atoms with Crippen LogP contribution in [0.25, 0.3) is 0 Å². The van der Waals surface area contributed by atoms with E-state index in [1.54, 1.807) is 12.1 Å². The van der Waals surface area contributed by atoms with E-state index in [9.17, 15) is 4.79 Å². The summed E-state index contributed by atoms with van der Waals surface area (Å²) in [7, 11) is 1.93. The molecule has 3 rings (SSSR count). The summed E-state index contributed by atoms with van der Waals surface area (Å²) >= 11 is 0. The van der Waals surface area contributed by atoms with E-state index in [4.69, 9.17) is 9.47 Å². The molecular formula is C18H20N2O3. The lowest BCUT2D eigenvalue weighted by molar-refractivity contribution is -0.117. The third kappa shape index (κ3) is 4.02. The summed E-state index contributed by atoms with van der Waals surface area (Å²) in [6.45, 7) is 3.34. The van der Waals surface area contributed by atoms with Gasteiger partial charge in [0.1, 0.15) is 0 Å². The molecule has 0 aromatic heterocycles. The summed E-state index contributed by atoms with van der Waals surface area (Å²) in [5, 5.41) is 2.88. The third-order valence-corrected chi connectivity index (χ3v) is 3.64. The van der Waals surface area contributed by atoms with Gasteiger partial charge in [-0.25, -0.2) is 0 Å². The summed E-state index contributed by atoms with van der Waals surface area (Å²) in [5.41, 5.74) is 3.13. The van der Waals surface area contributed by atoms with Crippen molar-refractivity contribution in [2.45, 2.75) is 13.5 Å². The predicted molar refractivity (Wildman–Crippen MR) is 88.7 cm³/mol. The van der Waals surface area contributed by atoms with Crippen molar-refractivity contribution in [3.63, 3.8) is 0 Å². The van der Waals surface area contributed by atoms with Crippen LogP contribution < -0.4 is 14.8 Å². The quantitative estimate of drug-likeness (QED) is 0.922. The number of nitrogens with zero attached hydrogens (tertiary/aromatic N) is 1. The summed E-state index contributed by atoms with van der Waals surface area (Å²) in [5.74, 6) is 1.31. The van der Waals surface area contributed by atoms with Crippen molar-refractivity contribution in [2.75, 3.05) is 25.7 Å². The zero-order valence-electron chi connectivity index (χ0n) is 13.3. The van der Waals surface area contributed by atoms with Gasteiger partial charge in [0.2, 0.25) is 12.7 Å². The van der Waals surface area contributed by atoms with Crippen molar-refractivity contribution in [2.24, 2.45) is 0 Å². The number of benzene rings is 2. The van der Waals surface area contributed by atoms with Gasteiger partial charge in [0, 0.05) is 18.3 Å². The van der Waals surface area contributed by atoms with Crippen LogP contribution in [0, 0.1) is 6.92 Å². The third-order valence-electron chi connectivity index (χ3n) is 3.64. The molecule has 23 heavy (non-hydrogen) atoms. The molecule has 0 unspecified atom stereocenters. The highest BCUT2D eigenvalue weighted by Gasteiger charge is 2.14. The second-order valence-electron chi connectivity index (χ2n) is 5.77. The molecule has 2 aromatic rings. The first-order valence-electron chi connectivity index (χ1n) is 7.54. The molecule has 0 atom stereocenters. The summed E-state index contributed by atoms with van der Waals surface area (Å²) in [6, 6.07) is 13.7. The van der Waals surface area contributed by atoms with E-state index in [1.807, 2.05) is 18.0 Å². The van der Waals surface area contributed by atoms with Crippen LogP contribution in [0.5, 0.6) is 11.5 Å². The summed E-state index contributed by atoms with van der Waals surface area (Å²) in [6.07, 6.45) is 0. The number of aryl methyl sites for hydroxylation is 1. The Morgan fingerprint density at radius 2 is 1.87 bits per heavy atom. The van der Waals surface area contributed by atoms with E-state index >= 15 is 0 Å². The van der Waals surface area contributed by atoms with Crippen LogP contribution in [0.4, 0.5) is 5.69 Å². The van der Waals surface area contributed by atoms with Crippen molar-refractivity contribution in [1.82, 2.24) is 4.90 Å². The van der Waals surface area contributed by atoms with E-state index in [-0.39, 0.29) is 12.7 Å². The Bertz CT molecular complexity index is 698. The van der Waals surface area contributed by atoms with Crippen molar-refractivity contribution in [3.05, 3.63) is 53.6 Å². The van der Waals surface area contributed by atoms with Crippen LogP contribution in [-0.2, 0) is 11.3 Å². The van der Waals surface area contributed by atoms with Crippen LogP contribution in [-0.4, -0.2) is 31.2 Å². The SMILES string of the molecule is Cc1ccc(CN(C)CC(=O)Nc2ccc3c(c2)OCO3)cc1. The fourth-order valence-electron chi connectivity index (χ4n) is 2.48. The van der Waals surface area contributed by atoms with Crippen LogP contribution in [0.1, 0.15) is 11.1 Å². The van der Waals surface area contributed by atoms with Gasteiger partial charge in [0.25, 0.3) is 0 Å². The molecule has 1 heterocycles. The summed E-state index contributed by atoms with van der Waals surface area (Å²) < 4.78 is 10.6. The lowest BCUT2D eigenvalue weighted by atomic mass is 10.1. The maximum absolute atomic E-state index is 12.1. The minimum absolute atomic E-state index is 0.0570. The lowest BCUT2D eigenvalue weighted by Crippen LogP contribution is -2.29. The number of ether oxygens (including phenoxy) is 2. The molecule has 5 heteroatoms. The number of carbonyl (C=O) groups excluding carboxylic acids is 1. The molecule has 0 saturated carbocycles. The number of anilines is 1. The summed E-state index contributed by atoms with van der Waals surface area (Å²) in [4.78, 5) is 14.1. The van der Waals surface area contributed by atoms with Gasteiger partial charge in [-0.15, -0.1) is 0 Å². The van der Waals surface area contributed by atoms with E-state index in [1.165, 1.54) is 11.1 Å². The first-order chi connectivity index (χ1) is 11.1. The van der Waals surface area contributed by atoms with Gasteiger partial charge in [-0.2, -0.15) is 0 Å². The van der Waals surface area contributed by atoms with Crippen LogP contribution in [0.2, 0.25) is 0 Å². The zero-order chi connectivity index (χ0) is 16.2. The Kier molecular flexibility index (Phi) is 4.48. The topological polar surface area (TPSA) is 50.8 Å². The van der Waals surface area contributed by atoms with Gasteiger partial charge in [0.05, 0.1) is 6.54 Å². The van der Waals surface area contributed by atoms with Gasteiger partial charge in [-0.05, 0) is 31.7 Å². The molecule has 0 saturated heterocycles. The minimum atomic E-state index is -0.0570. The molecular weight excluding hydrogens is 292 g/mol. The normalized spacial score (nSPS) is 12.5. The van der Waals surface area contributed by atoms with Crippen LogP contribution >= 0.6 is 0 Å². The maximum atomic E-state index is 12.1. The average Bonchev–Trinajstić information content (AvgIpc) is 2.97. The average molecular weight is 312 g/mol. The Morgan fingerprint density at radius 3 is 2.65 bits per heavy atom. The standard InChI is InChI=1S/C18H20N2O3/c1-13-3-5-14(6-4-13)10-20(2)11-18(21)19-15-7-8-16-17(9-15)23-12-22-16/h3-9H,10-12H2,1-2H3,(H,19,21). The molecule has 120 valence electrons. The second kappa shape index (κ2) is 6.71. The number of likely N-dealkylation sites (N-methyl/N-ethyl adjacent to an activating group) is 1. The Morgan fingerprint density at radius 1 is 1.13 bits per heavy atom. The van der Waals surface area contributed by atoms with Crippen LogP contribution in [0.3, 0.4) is 0 Å². The minimum Gasteiger partial charge on any atom is -0.454 e. The molecule has 0 bridgehead atoms. The molecule has 0 aliphatic carbocycles. The highest BCUT2D eigenvalue weighted by molar-refractivity contribution is 5.92. The van der Waals surface area contributed by atoms with Gasteiger partial charge >= 0.3 is 0 Å². The van der Waals surface area contributed by atoms with E-state index in [2.05, 4.69) is 36.5 Å². The highest BCUT2D eigenvalue weighted by atomic mass is 16.7. The number of rotatable bonds is 5. The zero-order valence-corrected chi connectivity index (χ0v) is 13.3. The Labute approximate surface area is 135 Å². The molecule has 0 radical (unpaired) electrons. The Hall–Kier alpha value is -2.53. The van der Waals surface area contributed by atoms with E-state index in [0.29, 0.717) is 23.7 Å². The van der Waals surface area contributed by atoms with E-state index in [0.717, 1.165) is 6.54 Å². The largest absolute Gasteiger partial charge is 0.454 e. The fraction of sp³-hybridized carbons (Fsp3) is 0.278. The second-order valence-corrected chi connectivity index (χ2v) is 5.77. The molecule has 0 fully saturated rings. The molecule has 1 N–H and O–H groups in total. The van der Waals surface area contributed by atoms with E-state index < -0.39 is 0 Å². The fourth-order valence-corrected chi connectivity index (χ4v) is 2.48. The van der Waals surface area contributed by atoms with Gasteiger partial charge < -0.3 is 14.8 Å². The Balaban J connectivity index is 1.53. The van der Waals surface area contributed by atoms with Crippen molar-refractivity contribution < 1.29 is 14.3 Å². The first kappa shape index (κ1) is 15.4. The van der Waals surface area contributed by atoms with Crippen molar-refractivity contribution >= 4 is 11.6 Å². The number of amides is 1. The van der Waals surface area contributed by atoms with Crippen molar-refractivity contribution in [1.29, 1.82) is 0 Å². The highest BCUT2D eigenvalue weighted by Crippen LogP contribution is 2.34. The predicted octanol–water partition coefficient (Wildman–Crippen LogP) is 2.79.